The summed E-state index contributed by atoms with van der Waals surface area (Å²) >= 11 is 5.79. The summed E-state index contributed by atoms with van der Waals surface area (Å²) in [5, 5.41) is 4.35. The second-order valence-corrected chi connectivity index (χ2v) is 8.59. The Morgan fingerprint density at radius 1 is 1.32 bits per heavy atom. The van der Waals surface area contributed by atoms with Crippen molar-refractivity contribution in [2.45, 2.75) is 64.8 Å². The molecule has 28 heavy (non-hydrogen) atoms. The molecule has 0 radical (unpaired) electrons. The average Bonchev–Trinajstić information content (AvgIpc) is 3.36. The maximum Gasteiger partial charge on any atom is 0.170 e. The molecular formula is C22H30N4OS. The quantitative estimate of drug-likeness (QED) is 0.764. The molecule has 0 spiro atoms. The standard InChI is InChI=1S/C22H30N4OS/c1-14(2)26-15(3)12-18(16(26)4)21-20(19-9-5-6-10-23-19)24-22(28)25(21)13-17-8-7-11-27-17/h5-6,9-10,12,14,17,20-21H,7-8,11,13H2,1-4H3,(H,24,28). The van der Waals surface area contributed by atoms with Crippen LogP contribution in [0.5, 0.6) is 0 Å². The summed E-state index contributed by atoms with van der Waals surface area (Å²) in [6.07, 6.45) is 4.34. The molecule has 2 fully saturated rings. The van der Waals surface area contributed by atoms with Gasteiger partial charge in [0.15, 0.2) is 5.11 Å². The summed E-state index contributed by atoms with van der Waals surface area (Å²) < 4.78 is 8.35. The van der Waals surface area contributed by atoms with Crippen molar-refractivity contribution >= 4 is 17.3 Å². The summed E-state index contributed by atoms with van der Waals surface area (Å²) in [5.74, 6) is 0. The second-order valence-electron chi connectivity index (χ2n) is 8.20. The fraction of sp³-hybridized carbons (Fsp3) is 0.545. The number of aryl methyl sites for hydroxylation is 1. The Hall–Kier alpha value is -1.92. The highest BCUT2D eigenvalue weighted by molar-refractivity contribution is 7.80. The minimum Gasteiger partial charge on any atom is -0.376 e. The molecule has 4 heterocycles. The van der Waals surface area contributed by atoms with Crippen molar-refractivity contribution in [1.82, 2.24) is 19.8 Å². The van der Waals surface area contributed by atoms with Crippen LogP contribution in [0.1, 0.15) is 67.5 Å². The molecule has 150 valence electrons. The third kappa shape index (κ3) is 3.44. The van der Waals surface area contributed by atoms with E-state index in [0.717, 1.165) is 36.8 Å². The Morgan fingerprint density at radius 3 is 2.75 bits per heavy atom. The number of thiocarbonyl (C=S) groups is 1. The fourth-order valence-electron chi connectivity index (χ4n) is 4.85. The van der Waals surface area contributed by atoms with Crippen LogP contribution in [0.25, 0.3) is 0 Å². The number of ether oxygens (including phenoxy) is 1. The van der Waals surface area contributed by atoms with Crippen molar-refractivity contribution in [3.05, 3.63) is 53.1 Å². The van der Waals surface area contributed by atoms with Crippen LogP contribution in [0.3, 0.4) is 0 Å². The van der Waals surface area contributed by atoms with Crippen LogP contribution in [0.15, 0.2) is 30.5 Å². The monoisotopic (exact) mass is 398 g/mol. The molecule has 0 aromatic carbocycles. The van der Waals surface area contributed by atoms with Gasteiger partial charge >= 0.3 is 0 Å². The number of pyridine rings is 1. The predicted molar refractivity (Wildman–Crippen MR) is 115 cm³/mol. The molecule has 0 saturated carbocycles. The van der Waals surface area contributed by atoms with E-state index in [9.17, 15) is 0 Å². The molecule has 6 heteroatoms. The van der Waals surface area contributed by atoms with Gasteiger partial charge in [0.25, 0.3) is 0 Å². The Bertz CT molecular complexity index is 842. The first-order valence-corrected chi connectivity index (χ1v) is 10.7. The smallest absolute Gasteiger partial charge is 0.170 e. The molecule has 2 aliphatic heterocycles. The average molecular weight is 399 g/mol. The van der Waals surface area contributed by atoms with Crippen LogP contribution in [-0.4, -0.2) is 38.8 Å². The normalized spacial score (nSPS) is 25.0. The third-order valence-corrected chi connectivity index (χ3v) is 6.33. The van der Waals surface area contributed by atoms with Gasteiger partial charge in [-0.25, -0.2) is 0 Å². The highest BCUT2D eigenvalue weighted by atomic mass is 32.1. The summed E-state index contributed by atoms with van der Waals surface area (Å²) in [6, 6.07) is 9.00. The summed E-state index contributed by atoms with van der Waals surface area (Å²) in [7, 11) is 0. The van der Waals surface area contributed by atoms with Crippen molar-refractivity contribution < 1.29 is 4.74 Å². The predicted octanol–water partition coefficient (Wildman–Crippen LogP) is 4.23. The van der Waals surface area contributed by atoms with Gasteiger partial charge in [-0.15, -0.1) is 0 Å². The third-order valence-electron chi connectivity index (χ3n) is 5.98. The molecule has 5 nitrogen and oxygen atoms in total. The van der Waals surface area contributed by atoms with Crippen LogP contribution >= 0.6 is 12.2 Å². The van der Waals surface area contributed by atoms with E-state index >= 15 is 0 Å². The Balaban J connectivity index is 1.76. The number of aromatic nitrogens is 2. The molecule has 0 amide bonds. The maximum atomic E-state index is 5.94. The Labute approximate surface area is 173 Å². The van der Waals surface area contributed by atoms with Gasteiger partial charge in [-0.2, -0.15) is 0 Å². The SMILES string of the molecule is Cc1cc(C2C(c3ccccn3)NC(=S)N2CC2CCCO2)c(C)n1C(C)C. The highest BCUT2D eigenvalue weighted by Gasteiger charge is 2.42. The van der Waals surface area contributed by atoms with E-state index in [1.165, 1.54) is 17.0 Å². The van der Waals surface area contributed by atoms with Gasteiger partial charge in [-0.1, -0.05) is 6.07 Å². The van der Waals surface area contributed by atoms with Gasteiger partial charge in [0.1, 0.15) is 0 Å². The largest absolute Gasteiger partial charge is 0.376 e. The van der Waals surface area contributed by atoms with Gasteiger partial charge in [-0.3, -0.25) is 4.98 Å². The van der Waals surface area contributed by atoms with E-state index in [1.54, 1.807) is 0 Å². The van der Waals surface area contributed by atoms with Crippen molar-refractivity contribution in [1.29, 1.82) is 0 Å². The van der Waals surface area contributed by atoms with E-state index in [-0.39, 0.29) is 18.2 Å². The van der Waals surface area contributed by atoms with Crippen molar-refractivity contribution in [3.63, 3.8) is 0 Å². The minimum absolute atomic E-state index is 0.0382. The molecule has 2 aromatic rings. The van der Waals surface area contributed by atoms with Gasteiger partial charge in [0.05, 0.1) is 23.9 Å². The first kappa shape index (κ1) is 19.4. The number of hydrogen-bond acceptors (Lipinski definition) is 3. The van der Waals surface area contributed by atoms with E-state index in [1.807, 2.05) is 18.3 Å². The lowest BCUT2D eigenvalue weighted by molar-refractivity contribution is 0.0841. The lowest BCUT2D eigenvalue weighted by Gasteiger charge is -2.30. The molecule has 2 saturated heterocycles. The lowest BCUT2D eigenvalue weighted by atomic mass is 9.96. The maximum absolute atomic E-state index is 5.94. The highest BCUT2D eigenvalue weighted by Crippen LogP contribution is 2.41. The zero-order chi connectivity index (χ0) is 19.8. The zero-order valence-electron chi connectivity index (χ0n) is 17.2. The van der Waals surface area contributed by atoms with Gasteiger partial charge in [-0.05, 0) is 76.5 Å². The Kier molecular flexibility index (Phi) is 5.43. The fourth-order valence-corrected chi connectivity index (χ4v) is 5.16. The topological polar surface area (TPSA) is 42.3 Å². The van der Waals surface area contributed by atoms with E-state index < -0.39 is 0 Å². The van der Waals surface area contributed by atoms with Crippen molar-refractivity contribution in [2.75, 3.05) is 13.2 Å². The van der Waals surface area contributed by atoms with Gasteiger partial charge in [0.2, 0.25) is 0 Å². The molecule has 0 aliphatic carbocycles. The molecule has 2 aromatic heterocycles. The van der Waals surface area contributed by atoms with Gasteiger partial charge in [0, 0.05) is 36.8 Å². The van der Waals surface area contributed by atoms with Crippen LogP contribution in [0.4, 0.5) is 0 Å². The second kappa shape index (κ2) is 7.84. The van der Waals surface area contributed by atoms with Gasteiger partial charge < -0.3 is 19.5 Å². The zero-order valence-corrected chi connectivity index (χ0v) is 18.0. The summed E-state index contributed by atoms with van der Waals surface area (Å²) in [6.45, 7) is 10.6. The van der Waals surface area contributed by atoms with Crippen LogP contribution < -0.4 is 5.32 Å². The lowest BCUT2D eigenvalue weighted by Crippen LogP contribution is -2.36. The summed E-state index contributed by atoms with van der Waals surface area (Å²) in [4.78, 5) is 6.97. The van der Waals surface area contributed by atoms with E-state index in [2.05, 4.69) is 59.6 Å². The molecule has 0 bridgehead atoms. The van der Waals surface area contributed by atoms with Crippen molar-refractivity contribution in [2.24, 2.45) is 0 Å². The van der Waals surface area contributed by atoms with E-state index in [0.29, 0.717) is 6.04 Å². The first-order chi connectivity index (χ1) is 13.5. The molecule has 3 atom stereocenters. The molecule has 4 rings (SSSR count). The first-order valence-electron chi connectivity index (χ1n) is 10.3. The molecular weight excluding hydrogens is 368 g/mol. The number of rotatable bonds is 5. The van der Waals surface area contributed by atoms with Crippen LogP contribution in [0, 0.1) is 13.8 Å². The van der Waals surface area contributed by atoms with E-state index in [4.69, 9.17) is 17.0 Å². The molecule has 3 unspecified atom stereocenters. The number of nitrogens with zero attached hydrogens (tertiary/aromatic N) is 3. The minimum atomic E-state index is 0.0382. The van der Waals surface area contributed by atoms with Crippen molar-refractivity contribution in [3.8, 4) is 0 Å². The number of hydrogen-bond donors (Lipinski definition) is 1. The number of nitrogens with one attached hydrogen (secondary N) is 1. The Morgan fingerprint density at radius 2 is 2.14 bits per heavy atom. The molecule has 2 aliphatic rings. The molecule has 1 N–H and O–H groups in total. The summed E-state index contributed by atoms with van der Waals surface area (Å²) in [5.41, 5.74) is 4.95. The van der Waals surface area contributed by atoms with Crippen LogP contribution in [0.2, 0.25) is 0 Å². The van der Waals surface area contributed by atoms with Crippen LogP contribution in [-0.2, 0) is 4.74 Å².